The molecule has 4 N–H and O–H groups in total. The number of anilines is 4. The average molecular weight is 795 g/mol. The van der Waals surface area contributed by atoms with Crippen LogP contribution in [0.4, 0.5) is 23.3 Å². The summed E-state index contributed by atoms with van der Waals surface area (Å²) in [7, 11) is 0. The van der Waals surface area contributed by atoms with E-state index in [4.69, 9.17) is 15.2 Å². The van der Waals surface area contributed by atoms with Crippen molar-refractivity contribution in [3.8, 4) is 0 Å². The number of aryl methyl sites for hydroxylation is 4. The van der Waals surface area contributed by atoms with Crippen molar-refractivity contribution in [1.29, 1.82) is 0 Å². The molecule has 17 heteroatoms. The van der Waals surface area contributed by atoms with E-state index >= 15 is 0 Å². The molecule has 0 aliphatic heterocycles. The molecule has 0 atom stereocenters. The number of aromatic nitrogens is 14. The van der Waals surface area contributed by atoms with Crippen LogP contribution in [0.15, 0.2) is 49.6 Å². The zero-order valence-corrected chi connectivity index (χ0v) is 34.0. The van der Waals surface area contributed by atoms with Crippen LogP contribution >= 0.6 is 0 Å². The minimum atomic E-state index is 0.0382. The predicted molar refractivity (Wildman–Crippen MR) is 224 cm³/mol. The van der Waals surface area contributed by atoms with Crippen LogP contribution in [0, 0.1) is 38.5 Å². The quantitative estimate of drug-likeness (QED) is 0.133. The minimum absolute atomic E-state index is 0.0382. The van der Waals surface area contributed by atoms with Crippen molar-refractivity contribution < 1.29 is 5.11 Å². The van der Waals surface area contributed by atoms with Crippen molar-refractivity contribution in [2.24, 2.45) is 10.8 Å². The van der Waals surface area contributed by atoms with Crippen LogP contribution in [0.2, 0.25) is 0 Å². The number of nitrogens with one attached hydrogen (secondary N) is 3. The number of hydrogen-bond donors (Lipinski definition) is 4. The van der Waals surface area contributed by atoms with Crippen molar-refractivity contribution in [3.63, 3.8) is 0 Å². The number of aliphatic hydroxyl groups is 1. The zero-order valence-electron chi connectivity index (χ0n) is 34.0. The Balaban J connectivity index is 0.000000121. The Morgan fingerprint density at radius 3 is 1.80 bits per heavy atom. The normalized spacial score (nSPS) is 19.2. The Morgan fingerprint density at radius 1 is 0.678 bits per heavy atom. The minimum Gasteiger partial charge on any atom is -0.393 e. The van der Waals surface area contributed by atoms with E-state index in [1.54, 1.807) is 21.6 Å². The van der Waals surface area contributed by atoms with E-state index < -0.39 is 0 Å². The Hall–Kier alpha value is -6.10. The van der Waals surface area contributed by atoms with Gasteiger partial charge in [0.2, 0.25) is 11.9 Å². The van der Waals surface area contributed by atoms with Gasteiger partial charge in [0, 0.05) is 18.1 Å². The van der Waals surface area contributed by atoms with Crippen molar-refractivity contribution >= 4 is 56.6 Å². The highest BCUT2D eigenvalue weighted by molar-refractivity contribution is 5.79. The molecule has 17 nitrogen and oxygen atoms in total. The van der Waals surface area contributed by atoms with Gasteiger partial charge in [-0.1, -0.05) is 0 Å². The summed E-state index contributed by atoms with van der Waals surface area (Å²) in [5.41, 5.74) is 10.5. The van der Waals surface area contributed by atoms with Gasteiger partial charge in [-0.25, -0.2) is 33.6 Å². The summed E-state index contributed by atoms with van der Waals surface area (Å²) < 4.78 is 5.60. The number of pyridine rings is 2. The van der Waals surface area contributed by atoms with E-state index in [9.17, 15) is 0 Å². The van der Waals surface area contributed by atoms with E-state index in [1.807, 2.05) is 58.4 Å². The molecule has 12 rings (SSSR count). The van der Waals surface area contributed by atoms with Crippen molar-refractivity contribution in [3.05, 3.63) is 72.1 Å². The molecule has 59 heavy (non-hydrogen) atoms. The first-order valence-electron chi connectivity index (χ1n) is 20.8. The van der Waals surface area contributed by atoms with E-state index in [1.165, 1.54) is 70.5 Å². The van der Waals surface area contributed by atoms with Gasteiger partial charge in [0.15, 0.2) is 22.6 Å². The molecule has 8 heterocycles. The molecule has 0 aromatic carbocycles. The summed E-state index contributed by atoms with van der Waals surface area (Å²) >= 11 is 0. The van der Waals surface area contributed by atoms with Crippen molar-refractivity contribution in [2.75, 3.05) is 10.6 Å². The fourth-order valence-electron chi connectivity index (χ4n) is 8.81. The van der Waals surface area contributed by atoms with Gasteiger partial charge in [0.1, 0.15) is 12.7 Å². The van der Waals surface area contributed by atoms with Crippen LogP contribution in [-0.2, 0) is 0 Å². The number of hydrogen-bond acceptors (Lipinski definition) is 13. The van der Waals surface area contributed by atoms with Crippen molar-refractivity contribution in [1.82, 2.24) is 69.1 Å². The molecular formula is C42H50N16O. The molecular weight excluding hydrogens is 745 g/mol. The van der Waals surface area contributed by atoms with Crippen LogP contribution in [0.5, 0.6) is 0 Å². The van der Waals surface area contributed by atoms with Gasteiger partial charge >= 0.3 is 0 Å². The molecule has 4 aliphatic carbocycles. The lowest BCUT2D eigenvalue weighted by Gasteiger charge is -2.28. The van der Waals surface area contributed by atoms with Gasteiger partial charge in [-0.05, 0) is 139 Å². The number of aliphatic hydroxyl groups excluding tert-OH is 1. The first-order chi connectivity index (χ1) is 28.6. The molecule has 0 amide bonds. The van der Waals surface area contributed by atoms with Gasteiger partial charge in [-0.15, -0.1) is 0 Å². The van der Waals surface area contributed by atoms with Crippen LogP contribution in [0.3, 0.4) is 0 Å². The van der Waals surface area contributed by atoms with E-state index in [2.05, 4.69) is 60.6 Å². The lowest BCUT2D eigenvalue weighted by Crippen LogP contribution is -2.20. The van der Waals surface area contributed by atoms with Gasteiger partial charge in [0.25, 0.3) is 0 Å². The lowest BCUT2D eigenvalue weighted by molar-refractivity contribution is 0.102. The van der Waals surface area contributed by atoms with Crippen LogP contribution < -0.4 is 10.6 Å². The molecule has 4 aliphatic rings. The zero-order chi connectivity index (χ0) is 40.3. The third-order valence-electron chi connectivity index (χ3n) is 13.2. The van der Waals surface area contributed by atoms with E-state index in [0.29, 0.717) is 29.0 Å². The summed E-state index contributed by atoms with van der Waals surface area (Å²) in [5.74, 6) is 1.08. The predicted octanol–water partition coefficient (Wildman–Crippen LogP) is 7.58. The Morgan fingerprint density at radius 2 is 1.22 bits per heavy atom. The van der Waals surface area contributed by atoms with Crippen LogP contribution in [-0.4, -0.2) is 80.3 Å². The standard InChI is InChI=1S/C21H24N8.C13H12N8.C8H14O/c1-13-9-18-23-12-24-28(18)11-17(13)25-20-22-10-16-14(2)27-29(19(16)26-20)15-3-5-21(6-4-15)7-8-21;1-7-3-11-15-6-16-21(11)5-10(7)17-13-14-4-9-8(2)19-20-12(9)18-13;9-7-1-3-8(4-2-7)5-6-8/h9-12,15H,3-8H2,1-2H3,(H,22,25,26);3-6H,1-2H3,(H2,14,17,18,19,20);7,9H,1-6H2. The Kier molecular flexibility index (Phi) is 9.22. The molecule has 304 valence electrons. The maximum Gasteiger partial charge on any atom is 0.229 e. The second-order valence-corrected chi connectivity index (χ2v) is 17.3. The molecule has 2 spiro atoms. The van der Waals surface area contributed by atoms with Gasteiger partial charge < -0.3 is 15.7 Å². The third-order valence-corrected chi connectivity index (χ3v) is 13.2. The third kappa shape index (κ3) is 7.54. The molecule has 4 saturated carbocycles. The highest BCUT2D eigenvalue weighted by Crippen LogP contribution is 2.58. The van der Waals surface area contributed by atoms with Gasteiger partial charge in [0.05, 0.1) is 52.4 Å². The summed E-state index contributed by atoms with van der Waals surface area (Å²) in [5, 5.41) is 37.9. The fourth-order valence-corrected chi connectivity index (χ4v) is 8.81. The SMILES string of the molecule is Cc1cc2ncnn2cc1Nc1ncc2c(C)[nH]nc2n1.Cc1cc2ncnn2cc1Nc1ncc2c(C)nn(C3CCC4(CC3)CC4)c2n1.OC1CCC2(CC1)CC2. The molecule has 4 fully saturated rings. The summed E-state index contributed by atoms with van der Waals surface area (Å²) in [6, 6.07) is 4.39. The largest absolute Gasteiger partial charge is 0.393 e. The second-order valence-electron chi connectivity index (χ2n) is 17.3. The Bertz CT molecular complexity index is 2790. The lowest BCUT2D eigenvalue weighted by atomic mass is 9.83. The number of aromatic amines is 1. The second kappa shape index (κ2) is 14.6. The highest BCUT2D eigenvalue weighted by atomic mass is 16.3. The summed E-state index contributed by atoms with van der Waals surface area (Å²) in [4.78, 5) is 26.5. The van der Waals surface area contributed by atoms with Crippen molar-refractivity contribution in [2.45, 2.75) is 117 Å². The van der Waals surface area contributed by atoms with Crippen LogP contribution in [0.1, 0.15) is 106 Å². The first kappa shape index (κ1) is 37.2. The molecule has 0 radical (unpaired) electrons. The number of H-pyrrole nitrogens is 1. The molecule has 0 bridgehead atoms. The fraction of sp³-hybridized carbons (Fsp3) is 0.476. The molecule has 8 aromatic rings. The summed E-state index contributed by atoms with van der Waals surface area (Å²) in [6.07, 6.45) is 26.1. The Labute approximate surface area is 340 Å². The molecule has 0 unspecified atom stereocenters. The number of nitrogens with zero attached hydrogens (tertiary/aromatic N) is 13. The first-order valence-corrected chi connectivity index (χ1v) is 20.8. The number of fused-ring (bicyclic) bond motifs is 4. The average Bonchev–Trinajstić information content (AvgIpc) is 3.89. The molecule has 8 aromatic heterocycles. The van der Waals surface area contributed by atoms with E-state index in [0.717, 1.165) is 79.9 Å². The molecule has 0 saturated heterocycles. The van der Waals surface area contributed by atoms with Gasteiger partial charge in [-0.2, -0.15) is 30.4 Å². The monoisotopic (exact) mass is 794 g/mol. The van der Waals surface area contributed by atoms with Crippen LogP contribution in [0.25, 0.3) is 33.4 Å². The maximum atomic E-state index is 9.17. The summed E-state index contributed by atoms with van der Waals surface area (Å²) in [6.45, 7) is 8.02. The smallest absolute Gasteiger partial charge is 0.229 e. The number of rotatable bonds is 5. The highest BCUT2D eigenvalue weighted by Gasteiger charge is 2.45. The maximum absolute atomic E-state index is 9.17. The van der Waals surface area contributed by atoms with Gasteiger partial charge in [-0.3, -0.25) is 5.10 Å². The van der Waals surface area contributed by atoms with E-state index in [-0.39, 0.29) is 6.10 Å². The topological polar surface area (TPSA) is 203 Å².